The summed E-state index contributed by atoms with van der Waals surface area (Å²) in [4.78, 5) is 22.9. The Morgan fingerprint density at radius 3 is 2.64 bits per heavy atom. The summed E-state index contributed by atoms with van der Waals surface area (Å²) in [6.07, 6.45) is 3.16. The molecule has 3 aromatic rings. The Labute approximate surface area is 194 Å². The third-order valence-corrected chi connectivity index (χ3v) is 5.19. The zero-order valence-electron chi connectivity index (χ0n) is 17.4. The minimum Gasteiger partial charge on any atom is -0.496 e. The predicted octanol–water partition coefficient (Wildman–Crippen LogP) is 5.46. The minimum absolute atomic E-state index is 0.110. The van der Waals surface area contributed by atoms with Gasteiger partial charge in [-0.25, -0.2) is 0 Å². The van der Waals surface area contributed by atoms with Crippen LogP contribution in [0.15, 0.2) is 60.7 Å². The number of nitro groups is 1. The van der Waals surface area contributed by atoms with Crippen LogP contribution in [0.25, 0.3) is 6.08 Å². The van der Waals surface area contributed by atoms with Gasteiger partial charge in [0.05, 0.1) is 17.1 Å². The monoisotopic (exact) mass is 467 g/mol. The molecule has 1 heterocycles. The number of non-ortho nitro benzene ring substituents is 1. The first-order valence-corrected chi connectivity index (χ1v) is 10.2. The zero-order valence-corrected chi connectivity index (χ0v) is 18.2. The van der Waals surface area contributed by atoms with Gasteiger partial charge in [-0.3, -0.25) is 14.9 Å². The van der Waals surface area contributed by atoms with E-state index in [2.05, 4.69) is 0 Å². The van der Waals surface area contributed by atoms with Gasteiger partial charge in [-0.2, -0.15) is 0 Å². The SMILES string of the molecule is COc1ccc(/C=C/C(=O)c2ccc3c(c2)OCO3)cc1COc1ccc([N+](=O)[O-])cc1Cl. The molecule has 0 saturated carbocycles. The Kier molecular flexibility index (Phi) is 6.46. The first-order chi connectivity index (χ1) is 15.9. The van der Waals surface area contributed by atoms with Gasteiger partial charge in [0.15, 0.2) is 17.3 Å². The van der Waals surface area contributed by atoms with Crippen LogP contribution in [0.1, 0.15) is 21.5 Å². The maximum atomic E-state index is 12.6. The van der Waals surface area contributed by atoms with Crippen LogP contribution < -0.4 is 18.9 Å². The molecule has 0 saturated heterocycles. The lowest BCUT2D eigenvalue weighted by Gasteiger charge is -2.12. The first-order valence-electron chi connectivity index (χ1n) is 9.80. The maximum absolute atomic E-state index is 12.6. The van der Waals surface area contributed by atoms with Gasteiger partial charge in [0.2, 0.25) is 6.79 Å². The second kappa shape index (κ2) is 9.62. The highest BCUT2D eigenvalue weighted by molar-refractivity contribution is 6.32. The van der Waals surface area contributed by atoms with Crippen LogP contribution in [0.2, 0.25) is 5.02 Å². The van der Waals surface area contributed by atoms with Crippen LogP contribution in [0.5, 0.6) is 23.0 Å². The topological polar surface area (TPSA) is 97.1 Å². The number of carbonyl (C=O) groups is 1. The van der Waals surface area contributed by atoms with E-state index in [0.29, 0.717) is 34.1 Å². The van der Waals surface area contributed by atoms with Crippen molar-refractivity contribution >= 4 is 29.1 Å². The highest BCUT2D eigenvalue weighted by atomic mass is 35.5. The fourth-order valence-corrected chi connectivity index (χ4v) is 3.44. The van der Waals surface area contributed by atoms with Crippen LogP contribution in [-0.4, -0.2) is 24.6 Å². The van der Waals surface area contributed by atoms with E-state index in [-0.39, 0.29) is 29.9 Å². The summed E-state index contributed by atoms with van der Waals surface area (Å²) in [6, 6.07) is 14.4. The van der Waals surface area contributed by atoms with Gasteiger partial charge in [-0.05, 0) is 48.0 Å². The lowest BCUT2D eigenvalue weighted by Crippen LogP contribution is -2.00. The molecule has 0 atom stereocenters. The molecule has 9 heteroatoms. The Morgan fingerprint density at radius 2 is 1.88 bits per heavy atom. The number of nitro benzene ring substituents is 1. The molecule has 3 aromatic carbocycles. The third kappa shape index (κ3) is 5.07. The molecule has 0 radical (unpaired) electrons. The van der Waals surface area contributed by atoms with Crippen molar-refractivity contribution in [2.75, 3.05) is 13.9 Å². The van der Waals surface area contributed by atoms with Gasteiger partial charge in [-0.15, -0.1) is 0 Å². The Morgan fingerprint density at radius 1 is 1.09 bits per heavy atom. The maximum Gasteiger partial charge on any atom is 0.271 e. The molecular weight excluding hydrogens is 450 g/mol. The van der Waals surface area contributed by atoms with Gasteiger partial charge in [0, 0.05) is 23.3 Å². The highest BCUT2D eigenvalue weighted by Gasteiger charge is 2.15. The lowest BCUT2D eigenvalue weighted by atomic mass is 10.1. The number of benzene rings is 3. The van der Waals surface area contributed by atoms with Crippen LogP contribution in [0.3, 0.4) is 0 Å². The molecule has 8 nitrogen and oxygen atoms in total. The number of allylic oxidation sites excluding steroid dienone is 1. The molecule has 0 fully saturated rings. The van der Waals surface area contributed by atoms with Crippen molar-refractivity contribution in [1.29, 1.82) is 0 Å². The average Bonchev–Trinajstić information content (AvgIpc) is 3.29. The number of ether oxygens (including phenoxy) is 4. The van der Waals surface area contributed by atoms with Crippen molar-refractivity contribution in [3.05, 3.63) is 92.5 Å². The standard InChI is InChI=1S/C24H18ClNO7/c1-30-21-7-3-15(2-6-20(27)16-4-8-23-24(11-16)33-14-32-23)10-17(21)13-31-22-9-5-18(26(28)29)12-19(22)25/h2-12H,13-14H2,1H3/b6-2+. The van der Waals surface area contributed by atoms with E-state index in [9.17, 15) is 14.9 Å². The number of fused-ring (bicyclic) bond motifs is 1. The summed E-state index contributed by atoms with van der Waals surface area (Å²) in [7, 11) is 1.54. The summed E-state index contributed by atoms with van der Waals surface area (Å²) in [5, 5.41) is 11.0. The molecule has 0 spiro atoms. The van der Waals surface area contributed by atoms with Crippen molar-refractivity contribution in [1.82, 2.24) is 0 Å². The minimum atomic E-state index is -0.528. The molecule has 1 aliphatic rings. The molecule has 0 aliphatic carbocycles. The number of carbonyl (C=O) groups excluding carboxylic acids is 1. The van der Waals surface area contributed by atoms with E-state index in [1.165, 1.54) is 31.4 Å². The highest BCUT2D eigenvalue weighted by Crippen LogP contribution is 2.33. The number of nitrogens with zero attached hydrogens (tertiary/aromatic N) is 1. The molecule has 0 unspecified atom stereocenters. The first kappa shape index (κ1) is 22.2. The molecule has 0 amide bonds. The summed E-state index contributed by atoms with van der Waals surface area (Å²) in [5.41, 5.74) is 1.84. The van der Waals surface area contributed by atoms with Crippen molar-refractivity contribution in [2.45, 2.75) is 6.61 Å². The van der Waals surface area contributed by atoms with Crippen molar-refractivity contribution in [3.8, 4) is 23.0 Å². The number of hydrogen-bond donors (Lipinski definition) is 0. The third-order valence-electron chi connectivity index (χ3n) is 4.90. The fraction of sp³-hybridized carbons (Fsp3) is 0.125. The van der Waals surface area contributed by atoms with E-state index < -0.39 is 4.92 Å². The summed E-state index contributed by atoms with van der Waals surface area (Å²) in [5.74, 6) is 1.88. The average molecular weight is 468 g/mol. The molecular formula is C24H18ClNO7. The van der Waals surface area contributed by atoms with Crippen LogP contribution in [-0.2, 0) is 6.61 Å². The van der Waals surface area contributed by atoms with Gasteiger partial charge in [0.25, 0.3) is 5.69 Å². The summed E-state index contributed by atoms with van der Waals surface area (Å²) >= 11 is 6.10. The Hall–Kier alpha value is -4.04. The van der Waals surface area contributed by atoms with Crippen LogP contribution in [0, 0.1) is 10.1 Å². The van der Waals surface area contributed by atoms with E-state index in [4.69, 9.17) is 30.5 Å². The van der Waals surface area contributed by atoms with Crippen LogP contribution in [0.4, 0.5) is 5.69 Å². The van der Waals surface area contributed by atoms with Crippen molar-refractivity contribution in [2.24, 2.45) is 0 Å². The number of hydrogen-bond acceptors (Lipinski definition) is 7. The van der Waals surface area contributed by atoms with Gasteiger partial charge >= 0.3 is 0 Å². The fourth-order valence-electron chi connectivity index (χ4n) is 3.21. The van der Waals surface area contributed by atoms with Crippen LogP contribution >= 0.6 is 11.6 Å². The quantitative estimate of drug-likeness (QED) is 0.188. The van der Waals surface area contributed by atoms with Gasteiger partial charge < -0.3 is 18.9 Å². The van der Waals surface area contributed by atoms with Gasteiger partial charge in [0.1, 0.15) is 18.1 Å². The number of halogens is 1. The number of ketones is 1. The Bertz CT molecular complexity index is 1260. The number of rotatable bonds is 8. The predicted molar refractivity (Wildman–Crippen MR) is 121 cm³/mol. The Balaban J connectivity index is 1.48. The molecule has 0 bridgehead atoms. The molecule has 0 N–H and O–H groups in total. The normalized spacial score (nSPS) is 12.1. The van der Waals surface area contributed by atoms with E-state index >= 15 is 0 Å². The molecule has 1 aliphatic heterocycles. The van der Waals surface area contributed by atoms with E-state index in [0.717, 1.165) is 5.56 Å². The number of methoxy groups -OCH3 is 1. The molecule has 168 valence electrons. The largest absolute Gasteiger partial charge is 0.496 e. The van der Waals surface area contributed by atoms with Crippen molar-refractivity contribution in [3.63, 3.8) is 0 Å². The zero-order chi connectivity index (χ0) is 23.4. The second-order valence-corrected chi connectivity index (χ2v) is 7.40. The second-order valence-electron chi connectivity index (χ2n) is 7.00. The molecule has 0 aromatic heterocycles. The van der Waals surface area contributed by atoms with Gasteiger partial charge in [-0.1, -0.05) is 23.7 Å². The van der Waals surface area contributed by atoms with Crippen molar-refractivity contribution < 1.29 is 28.7 Å². The summed E-state index contributed by atoms with van der Waals surface area (Å²) < 4.78 is 21.7. The smallest absolute Gasteiger partial charge is 0.271 e. The van der Waals surface area contributed by atoms with E-state index in [1.54, 1.807) is 30.3 Å². The summed E-state index contributed by atoms with van der Waals surface area (Å²) in [6.45, 7) is 0.253. The lowest BCUT2D eigenvalue weighted by molar-refractivity contribution is -0.384. The van der Waals surface area contributed by atoms with E-state index in [1.807, 2.05) is 12.1 Å². The molecule has 4 rings (SSSR count). The molecule has 33 heavy (non-hydrogen) atoms.